The zero-order valence-corrected chi connectivity index (χ0v) is 14.2. The summed E-state index contributed by atoms with van der Waals surface area (Å²) >= 11 is 5.68. The second kappa shape index (κ2) is 8.20. The molecule has 2 aromatic rings. The van der Waals surface area contributed by atoms with Crippen molar-refractivity contribution in [1.82, 2.24) is 10.3 Å². The maximum Gasteiger partial charge on any atom is 0.416 e. The minimum atomic E-state index is -4.47. The van der Waals surface area contributed by atoms with Crippen molar-refractivity contribution in [3.63, 3.8) is 0 Å². The maximum atomic E-state index is 12.8. The second-order valence-corrected chi connectivity index (χ2v) is 5.88. The SMILES string of the molecule is Cc1cc(C(=O)NCCCNc2ccc(Cl)nc2)cc(C(F)(F)F)c1. The van der Waals surface area contributed by atoms with Crippen LogP contribution in [0.4, 0.5) is 18.9 Å². The number of nitrogens with zero attached hydrogens (tertiary/aromatic N) is 1. The van der Waals surface area contributed by atoms with E-state index in [1.165, 1.54) is 13.0 Å². The van der Waals surface area contributed by atoms with Gasteiger partial charge in [0.1, 0.15) is 5.15 Å². The molecule has 0 radical (unpaired) electrons. The van der Waals surface area contributed by atoms with E-state index in [1.807, 2.05) is 0 Å². The van der Waals surface area contributed by atoms with Crippen molar-refractivity contribution in [2.45, 2.75) is 19.5 Å². The molecule has 0 unspecified atom stereocenters. The number of alkyl halides is 3. The predicted molar refractivity (Wildman–Crippen MR) is 90.9 cm³/mol. The Morgan fingerprint density at radius 3 is 2.60 bits per heavy atom. The fourth-order valence-electron chi connectivity index (χ4n) is 2.18. The summed E-state index contributed by atoms with van der Waals surface area (Å²) in [5, 5.41) is 6.12. The van der Waals surface area contributed by atoms with Gasteiger partial charge in [-0.05, 0) is 49.2 Å². The Bertz CT molecular complexity index is 733. The molecule has 2 rings (SSSR count). The van der Waals surface area contributed by atoms with E-state index >= 15 is 0 Å². The van der Waals surface area contributed by atoms with E-state index in [4.69, 9.17) is 11.6 Å². The number of hydrogen-bond donors (Lipinski definition) is 2. The number of amides is 1. The van der Waals surface area contributed by atoms with Crippen LogP contribution < -0.4 is 10.6 Å². The van der Waals surface area contributed by atoms with E-state index in [-0.39, 0.29) is 5.56 Å². The van der Waals surface area contributed by atoms with Crippen LogP contribution in [-0.2, 0) is 6.18 Å². The van der Waals surface area contributed by atoms with E-state index in [0.717, 1.165) is 17.8 Å². The van der Waals surface area contributed by atoms with Crippen LogP contribution in [0.5, 0.6) is 0 Å². The molecule has 0 aliphatic carbocycles. The van der Waals surface area contributed by atoms with Crippen LogP contribution in [0.15, 0.2) is 36.5 Å². The summed E-state index contributed by atoms with van der Waals surface area (Å²) in [7, 11) is 0. The summed E-state index contributed by atoms with van der Waals surface area (Å²) in [5.41, 5.74) is 0.359. The Morgan fingerprint density at radius 1 is 1.20 bits per heavy atom. The zero-order chi connectivity index (χ0) is 18.4. The van der Waals surface area contributed by atoms with Gasteiger partial charge >= 0.3 is 6.18 Å². The molecule has 0 spiro atoms. The van der Waals surface area contributed by atoms with Gasteiger partial charge in [0, 0.05) is 18.7 Å². The van der Waals surface area contributed by atoms with Crippen molar-refractivity contribution in [3.8, 4) is 0 Å². The summed E-state index contributed by atoms with van der Waals surface area (Å²) < 4.78 is 38.4. The Morgan fingerprint density at radius 2 is 1.96 bits per heavy atom. The van der Waals surface area contributed by atoms with Crippen LogP contribution in [-0.4, -0.2) is 24.0 Å². The molecule has 0 saturated carbocycles. The van der Waals surface area contributed by atoms with Gasteiger partial charge in [-0.15, -0.1) is 0 Å². The predicted octanol–water partition coefficient (Wildman–Crippen LogP) is 4.29. The lowest BCUT2D eigenvalue weighted by molar-refractivity contribution is -0.137. The normalized spacial score (nSPS) is 11.2. The van der Waals surface area contributed by atoms with Crippen molar-refractivity contribution < 1.29 is 18.0 Å². The molecule has 0 fully saturated rings. The van der Waals surface area contributed by atoms with E-state index < -0.39 is 17.6 Å². The molecular weight excluding hydrogens is 355 g/mol. The number of nitrogens with one attached hydrogen (secondary N) is 2. The monoisotopic (exact) mass is 371 g/mol. The van der Waals surface area contributed by atoms with Gasteiger partial charge in [-0.3, -0.25) is 4.79 Å². The minimum Gasteiger partial charge on any atom is -0.384 e. The number of aromatic nitrogens is 1. The highest BCUT2D eigenvalue weighted by Gasteiger charge is 2.31. The van der Waals surface area contributed by atoms with E-state index in [0.29, 0.717) is 30.2 Å². The first-order valence-corrected chi connectivity index (χ1v) is 7.96. The standard InChI is InChI=1S/C17H17ClF3N3O/c1-11-7-12(9-13(8-11)17(19,20)21)16(25)23-6-2-5-22-14-3-4-15(18)24-10-14/h3-4,7-10,22H,2,5-6H2,1H3,(H,23,25). The first-order chi connectivity index (χ1) is 11.8. The number of rotatable bonds is 6. The molecule has 4 nitrogen and oxygen atoms in total. The van der Waals surface area contributed by atoms with E-state index in [2.05, 4.69) is 15.6 Å². The lowest BCUT2D eigenvalue weighted by atomic mass is 10.1. The summed E-state index contributed by atoms with van der Waals surface area (Å²) in [6.07, 6.45) is -2.28. The first kappa shape index (κ1) is 19.1. The highest BCUT2D eigenvalue weighted by Crippen LogP contribution is 2.30. The molecule has 8 heteroatoms. The van der Waals surface area contributed by atoms with Crippen molar-refractivity contribution in [2.24, 2.45) is 0 Å². The molecule has 25 heavy (non-hydrogen) atoms. The Labute approximate surface area is 148 Å². The molecule has 1 amide bonds. The molecule has 0 aliphatic heterocycles. The average molecular weight is 372 g/mol. The maximum absolute atomic E-state index is 12.8. The van der Waals surface area contributed by atoms with Crippen molar-refractivity contribution in [3.05, 3.63) is 58.4 Å². The average Bonchev–Trinajstić information content (AvgIpc) is 2.54. The number of pyridine rings is 1. The third kappa shape index (κ3) is 5.94. The lowest BCUT2D eigenvalue weighted by Gasteiger charge is -2.11. The van der Waals surface area contributed by atoms with Crippen LogP contribution in [0.2, 0.25) is 5.15 Å². The van der Waals surface area contributed by atoms with Gasteiger partial charge in [0.15, 0.2) is 0 Å². The Balaban J connectivity index is 1.82. The van der Waals surface area contributed by atoms with Crippen LogP contribution in [0.3, 0.4) is 0 Å². The molecule has 1 heterocycles. The molecule has 0 bridgehead atoms. The molecular formula is C17H17ClF3N3O. The molecule has 2 N–H and O–H groups in total. The first-order valence-electron chi connectivity index (χ1n) is 7.58. The smallest absolute Gasteiger partial charge is 0.384 e. The summed E-state index contributed by atoms with van der Waals surface area (Å²) in [5.74, 6) is -0.526. The summed E-state index contributed by atoms with van der Waals surface area (Å²) in [4.78, 5) is 15.9. The number of benzene rings is 1. The Kier molecular flexibility index (Phi) is 6.25. The van der Waals surface area contributed by atoms with Gasteiger partial charge in [-0.1, -0.05) is 11.6 Å². The number of halogens is 4. The van der Waals surface area contributed by atoms with Gasteiger partial charge in [0.2, 0.25) is 0 Å². The Hall–Kier alpha value is -2.28. The second-order valence-electron chi connectivity index (χ2n) is 5.49. The van der Waals surface area contributed by atoms with Crippen LogP contribution >= 0.6 is 11.6 Å². The fourth-order valence-corrected chi connectivity index (χ4v) is 2.30. The fraction of sp³-hybridized carbons (Fsp3) is 0.294. The zero-order valence-electron chi connectivity index (χ0n) is 13.5. The van der Waals surface area contributed by atoms with Crippen molar-refractivity contribution >= 4 is 23.2 Å². The number of carbonyl (C=O) groups excluding carboxylic acids is 1. The molecule has 0 atom stereocenters. The van der Waals surface area contributed by atoms with Crippen LogP contribution in [0.25, 0.3) is 0 Å². The quantitative estimate of drug-likeness (QED) is 0.588. The van der Waals surface area contributed by atoms with Crippen molar-refractivity contribution in [2.75, 3.05) is 18.4 Å². The van der Waals surface area contributed by atoms with Crippen LogP contribution in [0, 0.1) is 6.92 Å². The molecule has 1 aromatic heterocycles. The number of anilines is 1. The van der Waals surface area contributed by atoms with Gasteiger partial charge in [-0.2, -0.15) is 13.2 Å². The molecule has 1 aromatic carbocycles. The largest absolute Gasteiger partial charge is 0.416 e. The minimum absolute atomic E-state index is 0.00202. The number of hydrogen-bond acceptors (Lipinski definition) is 3. The van der Waals surface area contributed by atoms with Gasteiger partial charge in [0.25, 0.3) is 5.91 Å². The van der Waals surface area contributed by atoms with Gasteiger partial charge < -0.3 is 10.6 Å². The van der Waals surface area contributed by atoms with Crippen molar-refractivity contribution in [1.29, 1.82) is 0 Å². The molecule has 0 aliphatic rings. The van der Waals surface area contributed by atoms with E-state index in [1.54, 1.807) is 18.3 Å². The van der Waals surface area contributed by atoms with Gasteiger partial charge in [0.05, 0.1) is 17.4 Å². The van der Waals surface area contributed by atoms with E-state index in [9.17, 15) is 18.0 Å². The third-order valence-corrected chi connectivity index (χ3v) is 3.59. The third-order valence-electron chi connectivity index (χ3n) is 3.36. The number of aryl methyl sites for hydroxylation is 1. The summed E-state index contributed by atoms with van der Waals surface area (Å²) in [6, 6.07) is 6.74. The lowest BCUT2D eigenvalue weighted by Crippen LogP contribution is -2.26. The summed E-state index contributed by atoms with van der Waals surface area (Å²) in [6.45, 7) is 2.43. The highest BCUT2D eigenvalue weighted by atomic mass is 35.5. The van der Waals surface area contributed by atoms with Crippen LogP contribution in [0.1, 0.15) is 27.9 Å². The number of carbonyl (C=O) groups is 1. The topological polar surface area (TPSA) is 54.0 Å². The highest BCUT2D eigenvalue weighted by molar-refractivity contribution is 6.29. The molecule has 134 valence electrons. The molecule has 0 saturated heterocycles. The van der Waals surface area contributed by atoms with Gasteiger partial charge in [-0.25, -0.2) is 4.98 Å².